The van der Waals surface area contributed by atoms with Crippen molar-refractivity contribution < 1.29 is 14.7 Å². The van der Waals surface area contributed by atoms with Crippen molar-refractivity contribution in [3.63, 3.8) is 0 Å². The Morgan fingerprint density at radius 3 is 2.25 bits per heavy atom. The van der Waals surface area contributed by atoms with E-state index >= 15 is 0 Å². The van der Waals surface area contributed by atoms with E-state index in [0.717, 1.165) is 12.8 Å². The highest BCUT2D eigenvalue weighted by molar-refractivity contribution is 5.79. The molecule has 0 spiro atoms. The molecule has 0 bridgehead atoms. The first kappa shape index (κ1) is 13.0. The molecule has 0 atom stereocenters. The van der Waals surface area contributed by atoms with Crippen LogP contribution in [0.2, 0.25) is 0 Å². The number of hydrogen-bond donors (Lipinski definition) is 0. The smallest absolute Gasteiger partial charge is 0.137 e. The molecule has 0 heterocycles. The Hall–Kier alpha value is -1.06. The molecule has 0 aromatic carbocycles. The lowest BCUT2D eigenvalue weighted by atomic mass is 9.87. The zero-order valence-corrected chi connectivity index (χ0v) is 10.3. The second-order valence-electron chi connectivity index (χ2n) is 5.53. The molecule has 1 amide bonds. The minimum absolute atomic E-state index is 0.298. The van der Waals surface area contributed by atoms with Crippen LogP contribution in [0.15, 0.2) is 0 Å². The van der Waals surface area contributed by atoms with E-state index in [0.29, 0.717) is 31.1 Å². The van der Waals surface area contributed by atoms with E-state index < -0.39 is 11.6 Å². The lowest BCUT2D eigenvalue weighted by Crippen LogP contribution is -2.53. The van der Waals surface area contributed by atoms with E-state index in [2.05, 4.69) is 0 Å². The van der Waals surface area contributed by atoms with Crippen LogP contribution in [0.1, 0.15) is 46.5 Å². The van der Waals surface area contributed by atoms with Crippen LogP contribution in [0.3, 0.4) is 0 Å². The maximum absolute atomic E-state index is 11.1. The fourth-order valence-electron chi connectivity index (χ4n) is 2.06. The summed E-state index contributed by atoms with van der Waals surface area (Å²) in [5.74, 6) is 0.599. The van der Waals surface area contributed by atoms with Crippen LogP contribution in [0, 0.1) is 5.92 Å². The molecule has 16 heavy (non-hydrogen) atoms. The number of amides is 1. The monoisotopic (exact) mass is 226 g/mol. The fraction of sp³-hybridized carbons (Fsp3) is 0.833. The van der Waals surface area contributed by atoms with Crippen molar-refractivity contribution in [2.45, 2.75) is 52.0 Å². The first-order chi connectivity index (χ1) is 7.30. The Kier molecular flexibility index (Phi) is 3.94. The number of nitrogens with zero attached hydrogens (tertiary/aromatic N) is 1. The number of ketones is 1. The van der Waals surface area contributed by atoms with Crippen molar-refractivity contribution in [3.05, 3.63) is 0 Å². The molecule has 0 unspecified atom stereocenters. The average molecular weight is 226 g/mol. The Labute approximate surface area is 96.6 Å². The number of Topliss-reactive ketones (excluding diaryl/α,β-unsaturated/α-hetero) is 1. The quantitative estimate of drug-likeness (QED) is 0.710. The molecule has 1 fully saturated rings. The van der Waals surface area contributed by atoms with Crippen molar-refractivity contribution in [2.75, 3.05) is 6.54 Å². The van der Waals surface area contributed by atoms with E-state index in [1.165, 1.54) is 4.90 Å². The maximum atomic E-state index is 11.1. The predicted molar refractivity (Wildman–Crippen MR) is 58.8 cm³/mol. The van der Waals surface area contributed by atoms with Gasteiger partial charge in [-0.2, -0.15) is 0 Å². The summed E-state index contributed by atoms with van der Waals surface area (Å²) in [6.07, 6.45) is 1.67. The van der Waals surface area contributed by atoms with Crippen LogP contribution in [-0.2, 0) is 4.79 Å². The topological polar surface area (TPSA) is 60.4 Å². The first-order valence-electron chi connectivity index (χ1n) is 5.81. The molecule has 92 valence electrons. The molecule has 1 saturated carbocycles. The minimum Gasteiger partial charge on any atom is -0.530 e. The van der Waals surface area contributed by atoms with Crippen LogP contribution in [-0.4, -0.2) is 28.9 Å². The number of rotatable bonds is 2. The molecular weight excluding hydrogens is 206 g/mol. The Morgan fingerprint density at radius 2 is 1.88 bits per heavy atom. The summed E-state index contributed by atoms with van der Waals surface area (Å²) in [4.78, 5) is 23.5. The zero-order chi connectivity index (χ0) is 12.3. The predicted octanol–water partition coefficient (Wildman–Crippen LogP) is 1.19. The van der Waals surface area contributed by atoms with Crippen LogP contribution in [0.5, 0.6) is 0 Å². The summed E-state index contributed by atoms with van der Waals surface area (Å²) in [7, 11) is 0. The third-order valence-electron chi connectivity index (χ3n) is 3.13. The highest BCUT2D eigenvalue weighted by Crippen LogP contribution is 2.25. The van der Waals surface area contributed by atoms with E-state index in [4.69, 9.17) is 0 Å². The normalized spacial score (nSPS) is 18.6. The standard InChI is InChI=1S/C12H21NO3/c1-12(2,3)13(11(15)16)8-9-4-6-10(14)7-5-9/h9H,4-8H2,1-3H3,(H,15,16)/p-1. The van der Waals surface area contributed by atoms with Crippen molar-refractivity contribution in [1.29, 1.82) is 0 Å². The van der Waals surface area contributed by atoms with Crippen LogP contribution in [0.4, 0.5) is 4.79 Å². The molecule has 0 aliphatic heterocycles. The summed E-state index contributed by atoms with van der Waals surface area (Å²) < 4.78 is 0. The molecule has 1 rings (SSSR count). The number of hydrogen-bond acceptors (Lipinski definition) is 3. The summed E-state index contributed by atoms with van der Waals surface area (Å²) in [5, 5.41) is 11.0. The molecule has 0 saturated heterocycles. The maximum Gasteiger partial charge on any atom is 0.137 e. The second kappa shape index (κ2) is 4.85. The molecule has 0 aromatic heterocycles. The third-order valence-corrected chi connectivity index (χ3v) is 3.13. The van der Waals surface area contributed by atoms with Gasteiger partial charge in [0.25, 0.3) is 0 Å². The third kappa shape index (κ3) is 3.51. The van der Waals surface area contributed by atoms with Crippen molar-refractivity contribution in [3.8, 4) is 0 Å². The SMILES string of the molecule is CC(C)(C)N(CC1CCC(=O)CC1)C(=O)[O-]. The fourth-order valence-corrected chi connectivity index (χ4v) is 2.06. The minimum atomic E-state index is -1.12. The van der Waals surface area contributed by atoms with Crippen LogP contribution in [0.25, 0.3) is 0 Å². The van der Waals surface area contributed by atoms with Crippen LogP contribution < -0.4 is 5.11 Å². The summed E-state index contributed by atoms with van der Waals surface area (Å²) in [6, 6.07) is 0. The molecule has 4 heteroatoms. The van der Waals surface area contributed by atoms with Crippen molar-refractivity contribution in [1.82, 2.24) is 4.90 Å². The second-order valence-corrected chi connectivity index (χ2v) is 5.53. The molecule has 0 N–H and O–H groups in total. The van der Waals surface area contributed by atoms with Gasteiger partial charge in [-0.15, -0.1) is 0 Å². The number of carbonyl (C=O) groups excluding carboxylic acids is 2. The van der Waals surface area contributed by atoms with Gasteiger partial charge in [-0.05, 0) is 39.5 Å². The summed E-state index contributed by atoms with van der Waals surface area (Å²) >= 11 is 0. The van der Waals surface area contributed by atoms with Gasteiger partial charge in [-0.25, -0.2) is 0 Å². The largest absolute Gasteiger partial charge is 0.530 e. The van der Waals surface area contributed by atoms with Crippen LogP contribution >= 0.6 is 0 Å². The van der Waals surface area contributed by atoms with E-state index in [-0.39, 0.29) is 0 Å². The first-order valence-corrected chi connectivity index (χ1v) is 5.81. The lowest BCUT2D eigenvalue weighted by Gasteiger charge is -2.40. The zero-order valence-electron chi connectivity index (χ0n) is 10.3. The number of carboxylic acid groups (broad SMARTS) is 1. The van der Waals surface area contributed by atoms with Gasteiger partial charge >= 0.3 is 0 Å². The summed E-state index contributed by atoms with van der Waals surface area (Å²) in [6.45, 7) is 6.06. The van der Waals surface area contributed by atoms with Gasteiger partial charge in [0.15, 0.2) is 0 Å². The molecule has 0 aromatic rings. The molecule has 1 aliphatic carbocycles. The van der Waals surface area contributed by atoms with Gasteiger partial charge in [-0.1, -0.05) is 0 Å². The Morgan fingerprint density at radius 1 is 1.38 bits per heavy atom. The lowest BCUT2D eigenvalue weighted by molar-refractivity contribution is -0.271. The highest BCUT2D eigenvalue weighted by atomic mass is 16.4. The molecule has 4 nitrogen and oxygen atoms in total. The summed E-state index contributed by atoms with van der Waals surface area (Å²) in [5.41, 5.74) is -0.430. The van der Waals surface area contributed by atoms with E-state index in [1.807, 2.05) is 20.8 Å². The van der Waals surface area contributed by atoms with Gasteiger partial charge in [0.1, 0.15) is 11.9 Å². The Bertz CT molecular complexity index is 270. The van der Waals surface area contributed by atoms with Gasteiger partial charge in [-0.3, -0.25) is 4.79 Å². The van der Waals surface area contributed by atoms with E-state index in [1.54, 1.807) is 0 Å². The molecular formula is C12H20NO3-. The van der Waals surface area contributed by atoms with Gasteiger partial charge < -0.3 is 14.8 Å². The Balaban J connectivity index is 2.56. The molecule has 1 aliphatic rings. The van der Waals surface area contributed by atoms with E-state index in [9.17, 15) is 14.7 Å². The average Bonchev–Trinajstić information content (AvgIpc) is 2.14. The van der Waals surface area contributed by atoms with Gasteiger partial charge in [0, 0.05) is 24.9 Å². The molecule has 0 radical (unpaired) electrons. The number of carbonyl (C=O) groups is 2. The van der Waals surface area contributed by atoms with Gasteiger partial charge in [0.05, 0.1) is 0 Å². The van der Waals surface area contributed by atoms with Crippen molar-refractivity contribution >= 4 is 11.9 Å². The van der Waals surface area contributed by atoms with Gasteiger partial charge in [0.2, 0.25) is 0 Å². The van der Waals surface area contributed by atoms with Crippen molar-refractivity contribution in [2.24, 2.45) is 5.92 Å². The highest BCUT2D eigenvalue weighted by Gasteiger charge is 2.26.